The fourth-order valence-electron chi connectivity index (χ4n) is 2.63. The number of amides is 2. The highest BCUT2D eigenvalue weighted by Gasteiger charge is 2.08. The molecule has 0 aromatic heterocycles. The topological polar surface area (TPSA) is 127 Å². The molecular formula is C21H27N5O4. The molecule has 2 rings (SSSR count). The monoisotopic (exact) mass is 413 g/mol. The van der Waals surface area contributed by atoms with Crippen molar-refractivity contribution in [3.8, 4) is 11.5 Å². The molecule has 0 saturated heterocycles. The number of nitrogens with two attached hydrogens (primary N) is 1. The first-order valence-electron chi connectivity index (χ1n) is 9.27. The van der Waals surface area contributed by atoms with Crippen LogP contribution in [0.5, 0.6) is 11.5 Å². The summed E-state index contributed by atoms with van der Waals surface area (Å²) < 4.78 is 10.6. The number of rotatable bonds is 9. The molecule has 0 spiro atoms. The maximum Gasteiger partial charge on any atom is 0.251 e. The molecule has 30 heavy (non-hydrogen) atoms. The van der Waals surface area contributed by atoms with Crippen LogP contribution >= 0.6 is 0 Å². The zero-order chi connectivity index (χ0) is 21.9. The molecule has 0 unspecified atom stereocenters. The number of nitrogens with zero attached hydrogens (tertiary/aromatic N) is 1. The minimum absolute atomic E-state index is 0.191. The average molecular weight is 413 g/mol. The van der Waals surface area contributed by atoms with E-state index in [1.165, 1.54) is 0 Å². The molecule has 9 nitrogen and oxygen atoms in total. The van der Waals surface area contributed by atoms with Crippen molar-refractivity contribution in [3.05, 3.63) is 59.2 Å². The summed E-state index contributed by atoms with van der Waals surface area (Å²) in [6, 6.07) is 12.7. The van der Waals surface area contributed by atoms with Crippen LogP contribution in [-0.2, 0) is 17.9 Å². The molecule has 0 radical (unpaired) electrons. The largest absolute Gasteiger partial charge is 0.497 e. The lowest BCUT2D eigenvalue weighted by molar-refractivity contribution is -0.117. The van der Waals surface area contributed by atoms with Crippen LogP contribution < -0.4 is 31.2 Å². The first-order valence-corrected chi connectivity index (χ1v) is 9.27. The van der Waals surface area contributed by atoms with E-state index in [1.54, 1.807) is 33.4 Å². The van der Waals surface area contributed by atoms with E-state index in [9.17, 15) is 9.59 Å². The molecule has 9 heteroatoms. The summed E-state index contributed by atoms with van der Waals surface area (Å²) in [5.74, 6) is 1.14. The average Bonchev–Trinajstić information content (AvgIpc) is 2.77. The van der Waals surface area contributed by atoms with Crippen LogP contribution in [0.15, 0.2) is 47.5 Å². The third-order valence-electron chi connectivity index (χ3n) is 4.26. The Kier molecular flexibility index (Phi) is 8.49. The van der Waals surface area contributed by atoms with E-state index in [0.717, 1.165) is 22.6 Å². The molecule has 0 fully saturated rings. The summed E-state index contributed by atoms with van der Waals surface area (Å²) in [6.45, 7) is 0.845. The molecule has 0 bridgehead atoms. The Balaban J connectivity index is 1.88. The quantitative estimate of drug-likeness (QED) is 0.355. The van der Waals surface area contributed by atoms with Crippen molar-refractivity contribution in [3.63, 3.8) is 0 Å². The summed E-state index contributed by atoms with van der Waals surface area (Å²) in [5.41, 5.74) is 7.41. The summed E-state index contributed by atoms with van der Waals surface area (Å²) in [6.07, 6.45) is 0. The third-order valence-corrected chi connectivity index (χ3v) is 4.26. The molecule has 2 aromatic carbocycles. The number of nitrogens with one attached hydrogen (secondary N) is 3. The number of hydrogen-bond acceptors (Lipinski definition) is 5. The predicted molar refractivity (Wildman–Crippen MR) is 115 cm³/mol. The van der Waals surface area contributed by atoms with Gasteiger partial charge in [-0.2, -0.15) is 0 Å². The van der Waals surface area contributed by atoms with E-state index < -0.39 is 5.91 Å². The normalized spacial score (nSPS) is 10.8. The first-order chi connectivity index (χ1) is 14.5. The van der Waals surface area contributed by atoms with Crippen LogP contribution in [-0.4, -0.2) is 45.6 Å². The van der Waals surface area contributed by atoms with Gasteiger partial charge in [-0.05, 0) is 29.8 Å². The van der Waals surface area contributed by atoms with Crippen LogP contribution in [0.25, 0.3) is 0 Å². The number of carbonyl (C=O) groups excluding carboxylic acids is 2. The van der Waals surface area contributed by atoms with Crippen molar-refractivity contribution in [1.29, 1.82) is 0 Å². The highest BCUT2D eigenvalue weighted by Crippen LogP contribution is 2.24. The van der Waals surface area contributed by atoms with Crippen molar-refractivity contribution >= 4 is 17.8 Å². The fraction of sp³-hybridized carbons (Fsp3) is 0.286. The molecule has 5 N–H and O–H groups in total. The molecule has 0 atom stereocenters. The number of primary amides is 1. The van der Waals surface area contributed by atoms with Crippen LogP contribution in [0.4, 0.5) is 0 Å². The molecular weight excluding hydrogens is 386 g/mol. The van der Waals surface area contributed by atoms with Gasteiger partial charge in [-0.1, -0.05) is 12.1 Å². The smallest absolute Gasteiger partial charge is 0.251 e. The maximum absolute atomic E-state index is 11.9. The van der Waals surface area contributed by atoms with Gasteiger partial charge in [-0.3, -0.25) is 14.6 Å². The Labute approximate surface area is 175 Å². The molecule has 2 amide bonds. The fourth-order valence-corrected chi connectivity index (χ4v) is 2.63. The van der Waals surface area contributed by atoms with Gasteiger partial charge in [-0.15, -0.1) is 0 Å². The van der Waals surface area contributed by atoms with E-state index in [0.29, 0.717) is 24.6 Å². The van der Waals surface area contributed by atoms with Gasteiger partial charge in [0.1, 0.15) is 11.5 Å². The number of guanidine groups is 1. The molecule has 0 aliphatic carbocycles. The van der Waals surface area contributed by atoms with E-state index in [1.807, 2.05) is 30.3 Å². The van der Waals surface area contributed by atoms with E-state index in [-0.39, 0.29) is 12.5 Å². The van der Waals surface area contributed by atoms with Crippen LogP contribution in [0, 0.1) is 0 Å². The summed E-state index contributed by atoms with van der Waals surface area (Å²) in [5, 5.41) is 8.90. The van der Waals surface area contributed by atoms with E-state index in [2.05, 4.69) is 20.9 Å². The van der Waals surface area contributed by atoms with Gasteiger partial charge >= 0.3 is 0 Å². The zero-order valence-electron chi connectivity index (χ0n) is 17.3. The summed E-state index contributed by atoms with van der Waals surface area (Å²) >= 11 is 0. The highest BCUT2D eigenvalue weighted by atomic mass is 16.5. The van der Waals surface area contributed by atoms with Crippen molar-refractivity contribution < 1.29 is 19.1 Å². The standard InChI is InChI=1S/C21H27N5O4/c1-23-21(26-12-16-8-9-17(29-2)10-18(16)30-3)25-11-14-4-6-15(7-5-14)20(28)24-13-19(22)27/h4-10H,11-13H2,1-3H3,(H2,22,27)(H,24,28)(H2,23,25,26). The number of benzene rings is 2. The highest BCUT2D eigenvalue weighted by molar-refractivity contribution is 5.96. The zero-order valence-corrected chi connectivity index (χ0v) is 17.3. The summed E-state index contributed by atoms with van der Waals surface area (Å²) in [4.78, 5) is 26.9. The second-order valence-electron chi connectivity index (χ2n) is 6.30. The number of hydrogen-bond donors (Lipinski definition) is 4. The lowest BCUT2D eigenvalue weighted by Gasteiger charge is -2.14. The number of aliphatic imine (C=N–C) groups is 1. The number of ether oxygens (including phenoxy) is 2. The van der Waals surface area contributed by atoms with Crippen LogP contribution in [0.1, 0.15) is 21.5 Å². The van der Waals surface area contributed by atoms with Crippen molar-refractivity contribution in [2.75, 3.05) is 27.8 Å². The second-order valence-corrected chi connectivity index (χ2v) is 6.30. The molecule has 160 valence electrons. The lowest BCUT2D eigenvalue weighted by atomic mass is 10.1. The van der Waals surface area contributed by atoms with Gasteiger partial charge in [0.25, 0.3) is 5.91 Å². The van der Waals surface area contributed by atoms with Crippen molar-refractivity contribution in [2.45, 2.75) is 13.1 Å². The molecule has 0 aliphatic rings. The minimum atomic E-state index is -0.588. The SMILES string of the molecule is CN=C(NCc1ccc(C(=O)NCC(N)=O)cc1)NCc1ccc(OC)cc1OC. The minimum Gasteiger partial charge on any atom is -0.497 e. The van der Waals surface area contributed by atoms with Gasteiger partial charge in [-0.25, -0.2) is 0 Å². The second kappa shape index (κ2) is 11.3. The third kappa shape index (κ3) is 6.69. The Morgan fingerprint density at radius 2 is 1.67 bits per heavy atom. The van der Waals surface area contributed by atoms with Crippen LogP contribution in [0.2, 0.25) is 0 Å². The summed E-state index contributed by atoms with van der Waals surface area (Å²) in [7, 11) is 4.91. The van der Waals surface area contributed by atoms with Crippen molar-refractivity contribution in [1.82, 2.24) is 16.0 Å². The van der Waals surface area contributed by atoms with Crippen molar-refractivity contribution in [2.24, 2.45) is 10.7 Å². The van der Waals surface area contributed by atoms with Gasteiger partial charge in [0, 0.05) is 37.3 Å². The lowest BCUT2D eigenvalue weighted by Crippen LogP contribution is -2.36. The van der Waals surface area contributed by atoms with Gasteiger partial charge in [0.05, 0.1) is 20.8 Å². The van der Waals surface area contributed by atoms with Crippen LogP contribution in [0.3, 0.4) is 0 Å². The molecule has 0 saturated carbocycles. The first kappa shape index (κ1) is 22.5. The Bertz CT molecular complexity index is 897. The Morgan fingerprint density at radius 1 is 0.967 bits per heavy atom. The maximum atomic E-state index is 11.9. The van der Waals surface area contributed by atoms with Gasteiger partial charge in [0.15, 0.2) is 5.96 Å². The molecule has 2 aromatic rings. The van der Waals surface area contributed by atoms with Gasteiger partial charge in [0.2, 0.25) is 5.91 Å². The van der Waals surface area contributed by atoms with Gasteiger partial charge < -0.3 is 31.2 Å². The van der Waals surface area contributed by atoms with E-state index in [4.69, 9.17) is 15.2 Å². The Hall–Kier alpha value is -3.75. The molecule has 0 aliphatic heterocycles. The van der Waals surface area contributed by atoms with E-state index >= 15 is 0 Å². The number of carbonyl (C=O) groups is 2. The predicted octanol–water partition coefficient (Wildman–Crippen LogP) is 0.784. The number of methoxy groups -OCH3 is 2. The molecule has 0 heterocycles. The Morgan fingerprint density at radius 3 is 2.27 bits per heavy atom.